The molecule has 0 fully saturated rings. The fourth-order valence-electron chi connectivity index (χ4n) is 5.21. The van der Waals surface area contributed by atoms with Crippen LogP contribution in [0.3, 0.4) is 0 Å². The molecule has 33 heavy (non-hydrogen) atoms. The van der Waals surface area contributed by atoms with Crippen molar-refractivity contribution in [1.82, 2.24) is 15.0 Å². The quantitative estimate of drug-likeness (QED) is 0.318. The van der Waals surface area contributed by atoms with Crippen LogP contribution in [0.5, 0.6) is 0 Å². The van der Waals surface area contributed by atoms with E-state index in [1.807, 2.05) is 36.5 Å². The zero-order valence-corrected chi connectivity index (χ0v) is 18.8. The maximum absolute atomic E-state index is 5.97. The lowest BCUT2D eigenvalue weighted by molar-refractivity contribution is -0.741. The number of aromatic nitrogens is 4. The Morgan fingerprint density at radius 3 is 2.61 bits per heavy atom. The van der Waals surface area contributed by atoms with Gasteiger partial charge in [-0.25, -0.2) is 4.68 Å². The topological polar surface area (TPSA) is 47.7 Å². The molecule has 0 saturated heterocycles. The van der Waals surface area contributed by atoms with Gasteiger partial charge in [0.25, 0.3) is 0 Å². The van der Waals surface area contributed by atoms with E-state index in [2.05, 4.69) is 77.9 Å². The number of para-hydroxylation sites is 1. The van der Waals surface area contributed by atoms with Crippen molar-refractivity contribution in [3.05, 3.63) is 91.3 Å². The first-order valence-corrected chi connectivity index (χ1v) is 11.4. The van der Waals surface area contributed by atoms with Gasteiger partial charge in [0.15, 0.2) is 17.5 Å². The number of fused-ring (bicyclic) bond motifs is 4. The second-order valence-electron chi connectivity index (χ2n) is 8.60. The van der Waals surface area contributed by atoms with Gasteiger partial charge in [0, 0.05) is 35.9 Å². The van der Waals surface area contributed by atoms with Crippen molar-refractivity contribution < 1.29 is 8.98 Å². The number of allylic oxidation sites excluding steroid dienone is 1. The molecule has 0 saturated carbocycles. The lowest BCUT2D eigenvalue weighted by Gasteiger charge is -2.34. The summed E-state index contributed by atoms with van der Waals surface area (Å²) in [6, 6.07) is 22.8. The minimum Gasteiger partial charge on any atom is -0.454 e. The van der Waals surface area contributed by atoms with Crippen LogP contribution in [0.15, 0.2) is 90.1 Å². The summed E-state index contributed by atoms with van der Waals surface area (Å²) in [4.78, 5) is 0. The molecule has 5 nitrogen and oxygen atoms in total. The monoisotopic (exact) mass is 433 g/mol. The van der Waals surface area contributed by atoms with Crippen LogP contribution in [0.4, 0.5) is 0 Å². The summed E-state index contributed by atoms with van der Waals surface area (Å²) in [6.07, 6.45) is 6.08. The average molecular weight is 434 g/mol. The van der Waals surface area contributed by atoms with Crippen LogP contribution in [-0.4, -0.2) is 15.0 Å². The van der Waals surface area contributed by atoms with Crippen LogP contribution >= 0.6 is 0 Å². The second kappa shape index (κ2) is 7.27. The summed E-state index contributed by atoms with van der Waals surface area (Å²) in [5.41, 5.74) is 7.13. The first kappa shape index (κ1) is 19.7. The minimum absolute atomic E-state index is 0.104. The molecule has 1 aliphatic rings. The highest BCUT2D eigenvalue weighted by molar-refractivity contribution is 5.84. The molecule has 0 radical (unpaired) electrons. The summed E-state index contributed by atoms with van der Waals surface area (Å²) in [7, 11) is 0. The maximum atomic E-state index is 5.97. The van der Waals surface area contributed by atoms with E-state index in [0.717, 1.165) is 35.1 Å². The molecule has 3 aromatic heterocycles. The Balaban J connectivity index is 1.45. The Hall–Kier alpha value is -3.99. The van der Waals surface area contributed by atoms with Gasteiger partial charge in [0.05, 0.1) is 17.4 Å². The Bertz CT molecular complexity index is 1490. The van der Waals surface area contributed by atoms with E-state index in [4.69, 9.17) is 4.42 Å². The van der Waals surface area contributed by atoms with Gasteiger partial charge < -0.3 is 4.42 Å². The highest BCUT2D eigenvalue weighted by atomic mass is 16.3. The summed E-state index contributed by atoms with van der Waals surface area (Å²) in [5, 5.41) is 9.82. The molecule has 0 unspecified atom stereocenters. The second-order valence-corrected chi connectivity index (χ2v) is 8.60. The molecule has 5 heteroatoms. The Morgan fingerprint density at radius 1 is 0.970 bits per heavy atom. The van der Waals surface area contributed by atoms with Crippen molar-refractivity contribution in [2.45, 2.75) is 32.2 Å². The zero-order valence-electron chi connectivity index (χ0n) is 18.8. The number of rotatable bonds is 4. The van der Waals surface area contributed by atoms with Crippen LogP contribution in [-0.2, 0) is 5.54 Å². The fourth-order valence-corrected chi connectivity index (χ4v) is 5.21. The van der Waals surface area contributed by atoms with E-state index in [9.17, 15) is 0 Å². The number of pyridine rings is 1. The van der Waals surface area contributed by atoms with Gasteiger partial charge in [0.1, 0.15) is 11.3 Å². The Kier molecular flexibility index (Phi) is 4.34. The SMILES string of the molecule is C=C1c2ccc(-n3cc(-c4cc5ccccc5o4)nn3)cc2-c2cccc[n+]2C1(CC)CC. The Labute approximate surface area is 192 Å². The molecule has 0 N–H and O–H groups in total. The molecular formula is C28H25N4O+. The number of hydrogen-bond donors (Lipinski definition) is 0. The summed E-state index contributed by atoms with van der Waals surface area (Å²) < 4.78 is 10.2. The van der Waals surface area contributed by atoms with Crippen LogP contribution in [0, 0.1) is 0 Å². The van der Waals surface area contributed by atoms with Crippen molar-refractivity contribution in [2.24, 2.45) is 0 Å². The summed E-state index contributed by atoms with van der Waals surface area (Å²) in [6.45, 7) is 9.03. The highest BCUT2D eigenvalue weighted by Gasteiger charge is 2.46. The van der Waals surface area contributed by atoms with Crippen molar-refractivity contribution in [3.8, 4) is 28.4 Å². The van der Waals surface area contributed by atoms with E-state index in [1.54, 1.807) is 4.68 Å². The number of nitrogens with zero attached hydrogens (tertiary/aromatic N) is 4. The van der Waals surface area contributed by atoms with E-state index in [0.29, 0.717) is 11.5 Å². The van der Waals surface area contributed by atoms with Crippen LogP contribution in [0.2, 0.25) is 0 Å². The van der Waals surface area contributed by atoms with Gasteiger partial charge in [-0.05, 0) is 35.9 Å². The van der Waals surface area contributed by atoms with Crippen LogP contribution < -0.4 is 4.57 Å². The molecule has 0 spiro atoms. The van der Waals surface area contributed by atoms with Crippen molar-refractivity contribution in [2.75, 3.05) is 0 Å². The van der Waals surface area contributed by atoms with Crippen molar-refractivity contribution >= 4 is 16.5 Å². The maximum Gasteiger partial charge on any atom is 0.213 e. The summed E-state index contributed by atoms with van der Waals surface area (Å²) >= 11 is 0. The minimum atomic E-state index is -0.104. The predicted octanol–water partition coefficient (Wildman–Crippen LogP) is 6.18. The summed E-state index contributed by atoms with van der Waals surface area (Å²) in [5.74, 6) is 0.713. The van der Waals surface area contributed by atoms with Gasteiger partial charge in [-0.3, -0.25) is 0 Å². The molecule has 6 rings (SSSR count). The van der Waals surface area contributed by atoms with Crippen LogP contribution in [0.25, 0.3) is 44.9 Å². The predicted molar refractivity (Wildman–Crippen MR) is 130 cm³/mol. The molecule has 0 bridgehead atoms. The number of benzene rings is 2. The first-order chi connectivity index (χ1) is 16.1. The third kappa shape index (κ3) is 2.82. The molecule has 5 aromatic rings. The standard InChI is InChI=1S/C28H25N4O/c1-4-28(5-2)19(3)22-14-13-21(17-23(22)25-11-8-9-15-31(25)28)32-18-24(29-30-32)27-16-20-10-6-7-12-26(20)33-27/h6-18H,3-5H2,1-2H3/q+1. The third-order valence-electron chi connectivity index (χ3n) is 7.09. The van der Waals surface area contributed by atoms with E-state index in [1.165, 1.54) is 16.8 Å². The normalized spacial score (nSPS) is 14.3. The Morgan fingerprint density at radius 2 is 1.79 bits per heavy atom. The van der Waals surface area contributed by atoms with Crippen molar-refractivity contribution in [1.29, 1.82) is 0 Å². The van der Waals surface area contributed by atoms with E-state index >= 15 is 0 Å². The smallest absolute Gasteiger partial charge is 0.213 e. The number of hydrogen-bond acceptors (Lipinski definition) is 3. The first-order valence-electron chi connectivity index (χ1n) is 11.4. The molecule has 0 atom stereocenters. The van der Waals surface area contributed by atoms with Crippen LogP contribution in [0.1, 0.15) is 32.3 Å². The molecule has 1 aliphatic heterocycles. The van der Waals surface area contributed by atoms with E-state index < -0.39 is 0 Å². The van der Waals surface area contributed by atoms with Crippen molar-refractivity contribution in [3.63, 3.8) is 0 Å². The fraction of sp³-hybridized carbons (Fsp3) is 0.179. The largest absolute Gasteiger partial charge is 0.454 e. The third-order valence-corrected chi connectivity index (χ3v) is 7.09. The zero-order chi connectivity index (χ0) is 22.6. The molecule has 0 aliphatic carbocycles. The number of furan rings is 1. The average Bonchev–Trinajstić information content (AvgIpc) is 3.52. The molecule has 162 valence electrons. The molecule has 0 amide bonds. The van der Waals surface area contributed by atoms with Gasteiger partial charge in [-0.1, -0.05) is 49.9 Å². The van der Waals surface area contributed by atoms with Gasteiger partial charge in [-0.15, -0.1) is 5.10 Å². The highest BCUT2D eigenvalue weighted by Crippen LogP contribution is 2.43. The van der Waals surface area contributed by atoms with E-state index in [-0.39, 0.29) is 5.54 Å². The lowest BCUT2D eigenvalue weighted by atomic mass is 9.75. The molecule has 2 aromatic carbocycles. The lowest BCUT2D eigenvalue weighted by Crippen LogP contribution is -2.59. The van der Waals surface area contributed by atoms with Gasteiger partial charge >= 0.3 is 0 Å². The molecule has 4 heterocycles. The van der Waals surface area contributed by atoms with Gasteiger partial charge in [-0.2, -0.15) is 4.57 Å². The molecular weight excluding hydrogens is 408 g/mol. The van der Waals surface area contributed by atoms with Gasteiger partial charge in [0.2, 0.25) is 5.69 Å².